The van der Waals surface area contributed by atoms with Crippen molar-refractivity contribution in [3.8, 4) is 12.3 Å². The van der Waals surface area contributed by atoms with Crippen LogP contribution in [-0.2, 0) is 4.79 Å². The maximum Gasteiger partial charge on any atom is 0.277 e. The molecule has 6 heteroatoms. The van der Waals surface area contributed by atoms with Crippen molar-refractivity contribution in [2.24, 2.45) is 5.73 Å². The molecule has 2 rings (SSSR count). The summed E-state index contributed by atoms with van der Waals surface area (Å²) in [5, 5.41) is 0. The van der Waals surface area contributed by atoms with Crippen molar-refractivity contribution < 1.29 is 4.79 Å². The van der Waals surface area contributed by atoms with Gasteiger partial charge in [-0.2, -0.15) is 0 Å². The summed E-state index contributed by atoms with van der Waals surface area (Å²) in [5.41, 5.74) is 10.2. The van der Waals surface area contributed by atoms with Crippen LogP contribution < -0.4 is 17.0 Å². The maximum atomic E-state index is 11.8. The predicted molar refractivity (Wildman–Crippen MR) is 57.3 cm³/mol. The number of carbonyl (C=O) groups is 1. The molecule has 0 aromatic carbocycles. The molecule has 1 aliphatic heterocycles. The second kappa shape index (κ2) is 3.38. The smallest absolute Gasteiger partial charge is 0.277 e. The van der Waals surface area contributed by atoms with Crippen molar-refractivity contribution in [3.63, 3.8) is 0 Å². The Bertz CT molecular complexity index is 555. The Morgan fingerprint density at radius 1 is 1.69 bits per heavy atom. The topological polar surface area (TPSA) is 104 Å². The molecule has 1 aromatic rings. The highest BCUT2D eigenvalue weighted by molar-refractivity contribution is 5.79. The Kier molecular flexibility index (Phi) is 2.16. The minimum absolute atomic E-state index is 0.0207. The molecule has 1 amide bonds. The molecule has 0 aliphatic carbocycles. The largest absolute Gasteiger partial charge is 0.393 e. The van der Waals surface area contributed by atoms with Crippen LogP contribution in [0.4, 0.5) is 5.69 Å². The maximum absolute atomic E-state index is 11.8. The number of hydrogen-bond acceptors (Lipinski definition) is 4. The van der Waals surface area contributed by atoms with Gasteiger partial charge in [-0.05, 0) is 6.42 Å². The van der Waals surface area contributed by atoms with Crippen LogP contribution in [0.3, 0.4) is 0 Å². The molecule has 0 bridgehead atoms. The van der Waals surface area contributed by atoms with Crippen LogP contribution in [0.5, 0.6) is 0 Å². The van der Waals surface area contributed by atoms with Gasteiger partial charge in [-0.3, -0.25) is 14.2 Å². The van der Waals surface area contributed by atoms with Crippen LogP contribution >= 0.6 is 0 Å². The number of nitrogens with zero attached hydrogens (tertiary/aromatic N) is 2. The average Bonchev–Trinajstić information content (AvgIpc) is 2.62. The number of terminal acetylenes is 1. The third-order valence-electron chi connectivity index (χ3n) is 2.66. The summed E-state index contributed by atoms with van der Waals surface area (Å²) < 4.78 is 1.20. The fourth-order valence-corrected chi connectivity index (χ4v) is 1.88. The van der Waals surface area contributed by atoms with Crippen molar-refractivity contribution in [1.82, 2.24) is 9.55 Å². The van der Waals surface area contributed by atoms with Gasteiger partial charge in [0.25, 0.3) is 5.56 Å². The Balaban J connectivity index is 2.69. The first kappa shape index (κ1) is 10.2. The highest BCUT2D eigenvalue weighted by atomic mass is 16.2. The lowest BCUT2D eigenvalue weighted by Crippen LogP contribution is -2.33. The van der Waals surface area contributed by atoms with E-state index in [1.807, 2.05) is 0 Å². The standard InChI is InChI=1S/C10H10N4O2/c1-2-5-3-7(8(12)15)14-9(5)13-4-6(11)10(14)16/h1,4-5,7H,3,11H2,(H2,12,15)/t5-,7+/m1/s1. The SMILES string of the molecule is C#C[C@@H]1C[C@@H](C(N)=O)n2c1ncc(N)c2=O. The van der Waals surface area contributed by atoms with Gasteiger partial charge in [-0.15, -0.1) is 6.42 Å². The number of nitrogens with two attached hydrogens (primary N) is 2. The summed E-state index contributed by atoms with van der Waals surface area (Å²) >= 11 is 0. The summed E-state index contributed by atoms with van der Waals surface area (Å²) in [7, 11) is 0. The summed E-state index contributed by atoms with van der Waals surface area (Å²) in [4.78, 5) is 27.0. The number of carbonyl (C=O) groups excluding carboxylic acids is 1. The van der Waals surface area contributed by atoms with Crippen LogP contribution in [0.1, 0.15) is 24.2 Å². The molecule has 0 spiro atoms. The summed E-state index contributed by atoms with van der Waals surface area (Å²) in [5.74, 6) is 1.89. The monoisotopic (exact) mass is 218 g/mol. The number of amides is 1. The summed E-state index contributed by atoms with van der Waals surface area (Å²) in [6.45, 7) is 0. The molecule has 1 aliphatic rings. The van der Waals surface area contributed by atoms with E-state index in [2.05, 4.69) is 10.9 Å². The first-order valence-electron chi connectivity index (χ1n) is 4.68. The molecular formula is C10H10N4O2. The highest BCUT2D eigenvalue weighted by Gasteiger charge is 2.35. The Labute approximate surface area is 91.3 Å². The molecule has 16 heavy (non-hydrogen) atoms. The lowest BCUT2D eigenvalue weighted by Gasteiger charge is -2.09. The first-order valence-corrected chi connectivity index (χ1v) is 4.68. The zero-order valence-electron chi connectivity index (χ0n) is 8.38. The second-order valence-electron chi connectivity index (χ2n) is 3.62. The van der Waals surface area contributed by atoms with E-state index in [1.54, 1.807) is 0 Å². The van der Waals surface area contributed by atoms with Crippen LogP contribution in [0, 0.1) is 12.3 Å². The Morgan fingerprint density at radius 2 is 2.38 bits per heavy atom. The fraction of sp³-hybridized carbons (Fsp3) is 0.300. The van der Waals surface area contributed by atoms with Gasteiger partial charge in [0.15, 0.2) is 0 Å². The Morgan fingerprint density at radius 3 is 2.94 bits per heavy atom. The van der Waals surface area contributed by atoms with Gasteiger partial charge >= 0.3 is 0 Å². The molecule has 6 nitrogen and oxygen atoms in total. The number of hydrogen-bond donors (Lipinski definition) is 2. The molecule has 2 heterocycles. The fourth-order valence-electron chi connectivity index (χ4n) is 1.88. The van der Waals surface area contributed by atoms with Gasteiger partial charge in [-0.25, -0.2) is 4.98 Å². The van der Waals surface area contributed by atoms with Crippen molar-refractivity contribution >= 4 is 11.6 Å². The molecular weight excluding hydrogens is 208 g/mol. The quantitative estimate of drug-likeness (QED) is 0.588. The molecule has 4 N–H and O–H groups in total. The lowest BCUT2D eigenvalue weighted by molar-refractivity contribution is -0.121. The number of fused-ring (bicyclic) bond motifs is 1. The number of rotatable bonds is 1. The van der Waals surface area contributed by atoms with Gasteiger partial charge in [0.2, 0.25) is 5.91 Å². The van der Waals surface area contributed by atoms with Crippen molar-refractivity contribution in [3.05, 3.63) is 22.4 Å². The van der Waals surface area contributed by atoms with Crippen LogP contribution in [0.15, 0.2) is 11.0 Å². The molecule has 0 radical (unpaired) electrons. The van der Waals surface area contributed by atoms with Crippen molar-refractivity contribution in [2.75, 3.05) is 5.73 Å². The third-order valence-corrected chi connectivity index (χ3v) is 2.66. The summed E-state index contributed by atoms with van der Waals surface area (Å²) in [6, 6.07) is -0.750. The minimum atomic E-state index is -0.750. The number of primary amides is 1. The van der Waals surface area contributed by atoms with Gasteiger partial charge < -0.3 is 11.5 Å². The Hall–Kier alpha value is -2.29. The van der Waals surface area contributed by atoms with E-state index in [9.17, 15) is 9.59 Å². The normalized spacial score (nSPS) is 22.4. The predicted octanol–water partition coefficient (Wildman–Crippen LogP) is -1.03. The van der Waals surface area contributed by atoms with Crippen LogP contribution in [0.25, 0.3) is 0 Å². The molecule has 0 fully saturated rings. The van der Waals surface area contributed by atoms with E-state index < -0.39 is 17.5 Å². The highest BCUT2D eigenvalue weighted by Crippen LogP contribution is 2.32. The van der Waals surface area contributed by atoms with Gasteiger partial charge in [0.05, 0.1) is 12.1 Å². The number of anilines is 1. The molecule has 0 saturated heterocycles. The third kappa shape index (κ3) is 1.26. The van der Waals surface area contributed by atoms with Crippen molar-refractivity contribution in [1.29, 1.82) is 0 Å². The second-order valence-corrected chi connectivity index (χ2v) is 3.62. The number of aromatic nitrogens is 2. The van der Waals surface area contributed by atoms with E-state index in [0.29, 0.717) is 12.2 Å². The molecule has 1 aromatic heterocycles. The lowest BCUT2D eigenvalue weighted by atomic mass is 10.1. The van der Waals surface area contributed by atoms with Gasteiger partial charge in [0.1, 0.15) is 17.6 Å². The van der Waals surface area contributed by atoms with Crippen LogP contribution in [-0.4, -0.2) is 15.5 Å². The average molecular weight is 218 g/mol. The zero-order chi connectivity index (χ0) is 11.9. The van der Waals surface area contributed by atoms with E-state index in [-0.39, 0.29) is 11.6 Å². The van der Waals surface area contributed by atoms with Crippen LogP contribution in [0.2, 0.25) is 0 Å². The van der Waals surface area contributed by atoms with Gasteiger partial charge in [0, 0.05) is 0 Å². The first-order chi connectivity index (χ1) is 7.56. The van der Waals surface area contributed by atoms with E-state index in [0.717, 1.165) is 0 Å². The van der Waals surface area contributed by atoms with E-state index in [1.165, 1.54) is 10.8 Å². The molecule has 0 unspecified atom stereocenters. The minimum Gasteiger partial charge on any atom is -0.393 e. The number of nitrogen functional groups attached to an aromatic ring is 1. The molecule has 82 valence electrons. The van der Waals surface area contributed by atoms with E-state index in [4.69, 9.17) is 17.9 Å². The zero-order valence-corrected chi connectivity index (χ0v) is 8.38. The van der Waals surface area contributed by atoms with Crippen molar-refractivity contribution in [2.45, 2.75) is 18.4 Å². The summed E-state index contributed by atoms with van der Waals surface area (Å²) in [6.07, 6.45) is 6.87. The van der Waals surface area contributed by atoms with Gasteiger partial charge in [-0.1, -0.05) is 5.92 Å². The molecule has 0 saturated carbocycles. The molecule has 2 atom stereocenters. The van der Waals surface area contributed by atoms with E-state index >= 15 is 0 Å².